The van der Waals surface area contributed by atoms with Gasteiger partial charge in [0, 0.05) is 16.8 Å². The number of fused-ring (bicyclic) bond motifs is 3. The number of pyridine rings is 1. The minimum Gasteiger partial charge on any atom is -0.305 e. The molecule has 21 heavy (non-hydrogen) atoms. The van der Waals surface area contributed by atoms with E-state index in [9.17, 15) is 4.79 Å². The van der Waals surface area contributed by atoms with Gasteiger partial charge in [-0.3, -0.25) is 4.79 Å². The Morgan fingerprint density at radius 1 is 0.762 bits per heavy atom. The maximum Gasteiger partial charge on any atom is 0.259 e. The Balaban J connectivity index is 2.11. The van der Waals surface area contributed by atoms with Gasteiger partial charge in [0.1, 0.15) is 0 Å². The molecule has 106 valence electrons. The van der Waals surface area contributed by atoms with Crippen LogP contribution in [0.25, 0.3) is 21.7 Å². The van der Waals surface area contributed by atoms with Gasteiger partial charge in [-0.15, -0.1) is 0 Å². The monoisotopic (exact) mass is 277 g/mol. The Morgan fingerprint density at radius 2 is 1.38 bits per heavy atom. The Labute approximate surface area is 124 Å². The second kappa shape index (κ2) is 5.03. The summed E-state index contributed by atoms with van der Waals surface area (Å²) in [4.78, 5) is 13.0. The van der Waals surface area contributed by atoms with Gasteiger partial charge in [-0.1, -0.05) is 55.7 Å². The zero-order valence-corrected chi connectivity index (χ0v) is 12.1. The van der Waals surface area contributed by atoms with Crippen LogP contribution in [0.1, 0.15) is 38.1 Å². The summed E-state index contributed by atoms with van der Waals surface area (Å²) in [6, 6.07) is 16.7. The molecular weight excluding hydrogens is 258 g/mol. The Morgan fingerprint density at radius 3 is 2.14 bits per heavy atom. The summed E-state index contributed by atoms with van der Waals surface area (Å²) in [7, 11) is 0. The van der Waals surface area contributed by atoms with Gasteiger partial charge in [0.05, 0.1) is 5.52 Å². The molecule has 0 radical (unpaired) electrons. The highest BCUT2D eigenvalue weighted by Crippen LogP contribution is 2.31. The molecule has 1 fully saturated rings. The van der Waals surface area contributed by atoms with Gasteiger partial charge in [0.15, 0.2) is 0 Å². The zero-order valence-electron chi connectivity index (χ0n) is 12.1. The van der Waals surface area contributed by atoms with E-state index in [0.717, 1.165) is 29.1 Å². The van der Waals surface area contributed by atoms with Crippen LogP contribution in [0.4, 0.5) is 0 Å². The van der Waals surface area contributed by atoms with Crippen molar-refractivity contribution in [2.24, 2.45) is 0 Å². The molecule has 0 amide bonds. The van der Waals surface area contributed by atoms with E-state index >= 15 is 0 Å². The minimum absolute atomic E-state index is 0.177. The summed E-state index contributed by atoms with van der Waals surface area (Å²) >= 11 is 0. The lowest BCUT2D eigenvalue weighted by Gasteiger charge is -2.26. The van der Waals surface area contributed by atoms with Crippen LogP contribution >= 0.6 is 0 Å². The van der Waals surface area contributed by atoms with Crippen molar-refractivity contribution in [3.63, 3.8) is 0 Å². The Hall–Kier alpha value is -2.09. The van der Waals surface area contributed by atoms with Gasteiger partial charge in [-0.2, -0.15) is 0 Å². The molecule has 0 aliphatic heterocycles. The van der Waals surface area contributed by atoms with Gasteiger partial charge >= 0.3 is 0 Å². The SMILES string of the molecule is O=c1c2ccccc2c2ccccc2n1C1CCCCC1. The molecule has 0 saturated heterocycles. The van der Waals surface area contributed by atoms with Crippen LogP contribution in [0, 0.1) is 0 Å². The van der Waals surface area contributed by atoms with Crippen LogP contribution in [-0.2, 0) is 0 Å². The number of nitrogens with zero attached hydrogens (tertiary/aromatic N) is 1. The molecular formula is C19H19NO. The molecule has 0 bridgehead atoms. The van der Waals surface area contributed by atoms with Gasteiger partial charge < -0.3 is 4.57 Å². The second-order valence-corrected chi connectivity index (χ2v) is 6.03. The first-order valence-electron chi connectivity index (χ1n) is 7.88. The summed E-state index contributed by atoms with van der Waals surface area (Å²) in [6.07, 6.45) is 6.03. The summed E-state index contributed by atoms with van der Waals surface area (Å²) in [6.45, 7) is 0. The lowest BCUT2D eigenvalue weighted by molar-refractivity contribution is 0.355. The fraction of sp³-hybridized carbons (Fsp3) is 0.316. The lowest BCUT2D eigenvalue weighted by atomic mass is 9.94. The highest BCUT2D eigenvalue weighted by atomic mass is 16.1. The fourth-order valence-corrected chi connectivity index (χ4v) is 3.76. The molecule has 0 unspecified atom stereocenters. The maximum absolute atomic E-state index is 13.0. The van der Waals surface area contributed by atoms with Crippen LogP contribution in [0.5, 0.6) is 0 Å². The number of hydrogen-bond acceptors (Lipinski definition) is 1. The van der Waals surface area contributed by atoms with E-state index in [1.54, 1.807) is 0 Å². The molecule has 0 atom stereocenters. The number of rotatable bonds is 1. The average molecular weight is 277 g/mol. The molecule has 1 saturated carbocycles. The summed E-state index contributed by atoms with van der Waals surface area (Å²) in [5.41, 5.74) is 1.27. The molecule has 1 aromatic heterocycles. The average Bonchev–Trinajstić information content (AvgIpc) is 2.56. The molecule has 4 rings (SSSR count). The van der Waals surface area contributed by atoms with Crippen molar-refractivity contribution in [1.82, 2.24) is 4.57 Å². The van der Waals surface area contributed by atoms with Crippen molar-refractivity contribution in [2.45, 2.75) is 38.1 Å². The first-order chi connectivity index (χ1) is 10.4. The van der Waals surface area contributed by atoms with E-state index in [2.05, 4.69) is 28.8 Å². The van der Waals surface area contributed by atoms with E-state index in [1.165, 1.54) is 24.6 Å². The number of aromatic nitrogens is 1. The largest absolute Gasteiger partial charge is 0.305 e. The third-order valence-electron chi connectivity index (χ3n) is 4.77. The Kier molecular flexibility index (Phi) is 3.03. The van der Waals surface area contributed by atoms with E-state index in [0.29, 0.717) is 6.04 Å². The molecule has 2 aromatic carbocycles. The van der Waals surface area contributed by atoms with Gasteiger partial charge in [0.25, 0.3) is 5.56 Å². The van der Waals surface area contributed by atoms with Crippen molar-refractivity contribution in [3.8, 4) is 0 Å². The summed E-state index contributed by atoms with van der Waals surface area (Å²) < 4.78 is 2.07. The molecule has 1 heterocycles. The third-order valence-corrected chi connectivity index (χ3v) is 4.77. The molecule has 0 spiro atoms. The maximum atomic E-state index is 13.0. The number of benzene rings is 2. The third kappa shape index (κ3) is 1.98. The molecule has 1 aliphatic rings. The summed E-state index contributed by atoms with van der Waals surface area (Å²) in [5, 5.41) is 3.12. The minimum atomic E-state index is 0.177. The highest BCUT2D eigenvalue weighted by Gasteiger charge is 2.20. The van der Waals surface area contributed by atoms with Gasteiger partial charge in [-0.25, -0.2) is 0 Å². The zero-order chi connectivity index (χ0) is 14.2. The molecule has 1 aliphatic carbocycles. The number of hydrogen-bond donors (Lipinski definition) is 0. The van der Waals surface area contributed by atoms with E-state index in [1.807, 2.05) is 24.3 Å². The quantitative estimate of drug-likeness (QED) is 0.593. The van der Waals surface area contributed by atoms with Crippen LogP contribution in [0.15, 0.2) is 53.3 Å². The molecule has 2 nitrogen and oxygen atoms in total. The van der Waals surface area contributed by atoms with Gasteiger partial charge in [-0.05, 0) is 30.4 Å². The van der Waals surface area contributed by atoms with Crippen molar-refractivity contribution < 1.29 is 0 Å². The van der Waals surface area contributed by atoms with Crippen LogP contribution in [-0.4, -0.2) is 4.57 Å². The molecule has 2 heteroatoms. The summed E-state index contributed by atoms with van der Waals surface area (Å²) in [5.74, 6) is 0. The topological polar surface area (TPSA) is 22.0 Å². The van der Waals surface area contributed by atoms with Crippen molar-refractivity contribution >= 4 is 21.7 Å². The van der Waals surface area contributed by atoms with Gasteiger partial charge in [0.2, 0.25) is 0 Å². The Bertz CT molecular complexity index is 856. The lowest BCUT2D eigenvalue weighted by Crippen LogP contribution is -2.27. The fourth-order valence-electron chi connectivity index (χ4n) is 3.76. The first kappa shape index (κ1) is 12.6. The molecule has 3 aromatic rings. The second-order valence-electron chi connectivity index (χ2n) is 6.03. The highest BCUT2D eigenvalue weighted by molar-refractivity contribution is 6.05. The van der Waals surface area contributed by atoms with E-state index in [-0.39, 0.29) is 5.56 Å². The van der Waals surface area contributed by atoms with Crippen LogP contribution in [0.3, 0.4) is 0 Å². The molecule has 0 N–H and O–H groups in total. The number of para-hydroxylation sites is 1. The predicted octanol–water partition coefficient (Wildman–Crippen LogP) is 4.66. The standard InChI is InChI=1S/C19H19NO/c21-19-17-12-5-4-10-15(17)16-11-6-7-13-18(16)20(19)14-8-2-1-3-9-14/h4-7,10-14H,1-3,8-9H2. The van der Waals surface area contributed by atoms with E-state index in [4.69, 9.17) is 0 Å². The van der Waals surface area contributed by atoms with Crippen LogP contribution < -0.4 is 5.56 Å². The normalized spacial score (nSPS) is 16.6. The smallest absolute Gasteiger partial charge is 0.259 e. The van der Waals surface area contributed by atoms with Crippen molar-refractivity contribution in [1.29, 1.82) is 0 Å². The first-order valence-corrected chi connectivity index (χ1v) is 7.88. The van der Waals surface area contributed by atoms with Crippen molar-refractivity contribution in [3.05, 3.63) is 58.9 Å². The van der Waals surface area contributed by atoms with Crippen molar-refractivity contribution in [2.75, 3.05) is 0 Å². The van der Waals surface area contributed by atoms with Crippen LogP contribution in [0.2, 0.25) is 0 Å². The van der Waals surface area contributed by atoms with E-state index < -0.39 is 0 Å². The predicted molar refractivity (Wildman–Crippen MR) is 87.8 cm³/mol.